The molecule has 1 saturated heterocycles. The van der Waals surface area contributed by atoms with Gasteiger partial charge in [-0.25, -0.2) is 4.79 Å². The van der Waals surface area contributed by atoms with Crippen molar-refractivity contribution in [2.75, 3.05) is 19.8 Å². The zero-order chi connectivity index (χ0) is 37.3. The number of aromatic amines is 1. The Bertz CT molecular complexity index is 1240. The molecule has 3 unspecified atom stereocenters. The van der Waals surface area contributed by atoms with E-state index in [0.717, 1.165) is 42.7 Å². The minimum absolute atomic E-state index is 0.196. The molecule has 0 bridgehead atoms. The molecule has 0 spiro atoms. The van der Waals surface area contributed by atoms with Gasteiger partial charge in [0.1, 0.15) is 12.2 Å². The number of esters is 1. The summed E-state index contributed by atoms with van der Waals surface area (Å²) in [4.78, 5) is 59.9. The summed E-state index contributed by atoms with van der Waals surface area (Å²) in [7, 11) is -3.05. The summed E-state index contributed by atoms with van der Waals surface area (Å²) in [6, 6.07) is 1.13. The minimum Gasteiger partial charge on any atom is -0.453 e. The van der Waals surface area contributed by atoms with Crippen LogP contribution < -0.4 is 16.6 Å². The van der Waals surface area contributed by atoms with Crippen molar-refractivity contribution in [1.82, 2.24) is 14.9 Å². The number of carbonyl (C=O) groups is 2. The van der Waals surface area contributed by atoms with Crippen molar-refractivity contribution in [3.8, 4) is 0 Å². The Morgan fingerprint density at radius 3 is 2.04 bits per heavy atom. The summed E-state index contributed by atoms with van der Waals surface area (Å²) in [5.74, 6) is -0.684. The van der Waals surface area contributed by atoms with Crippen molar-refractivity contribution in [2.45, 2.75) is 173 Å². The number of ether oxygens (including phenoxy) is 3. The molecule has 292 valence electrons. The summed E-state index contributed by atoms with van der Waals surface area (Å²) >= 11 is 0. The van der Waals surface area contributed by atoms with Gasteiger partial charge in [0, 0.05) is 36.4 Å². The number of carbonyl (C=O) groups excluding carboxylic acids is 2. The van der Waals surface area contributed by atoms with Crippen LogP contribution in [0.5, 0.6) is 0 Å². The molecular weight excluding hydrogens is 681 g/mol. The van der Waals surface area contributed by atoms with Crippen molar-refractivity contribution in [3.63, 3.8) is 0 Å². The predicted molar refractivity (Wildman–Crippen MR) is 193 cm³/mol. The van der Waals surface area contributed by atoms with Gasteiger partial charge < -0.3 is 24.6 Å². The highest BCUT2D eigenvalue weighted by molar-refractivity contribution is 7.32. The Morgan fingerprint density at radius 2 is 1.47 bits per heavy atom. The molecule has 1 aliphatic rings. The molecule has 1 aromatic heterocycles. The predicted octanol–water partition coefficient (Wildman–Crippen LogP) is 5.72. The Kier molecular flexibility index (Phi) is 23.8. The van der Waals surface area contributed by atoms with Crippen LogP contribution in [0.15, 0.2) is 21.9 Å². The maximum atomic E-state index is 12.4. The van der Waals surface area contributed by atoms with Gasteiger partial charge in [0.25, 0.3) is 11.5 Å². The molecule has 2 heterocycles. The summed E-state index contributed by atoms with van der Waals surface area (Å²) in [5.41, 5.74) is -1.37. The van der Waals surface area contributed by atoms with Crippen LogP contribution in [-0.2, 0) is 32.9 Å². The van der Waals surface area contributed by atoms with Crippen LogP contribution in [0, 0.1) is 0 Å². The largest absolute Gasteiger partial charge is 0.695 e. The van der Waals surface area contributed by atoms with E-state index >= 15 is 0 Å². The number of amides is 1. The van der Waals surface area contributed by atoms with Gasteiger partial charge in [-0.1, -0.05) is 110 Å². The lowest BCUT2D eigenvalue weighted by Gasteiger charge is -2.22. The standard InChI is InChI=1S/C36H62N3O11P/c1-3-4-5-6-7-8-9-10-11-12-13-14-15-16-19-22-31(42)48-28(2)34(43)37-24-20-17-18-21-26-47-33-32(50-51(45)46)29(27-40)49-35(33)39-25-23-30(41)38-36(39)44/h23,25,28-29,32-33,35,40H,3-22,24,26-27H2,1-2H3,(H2-,37,38,41,43,44,45,46)/p+1/t28?,29-,32?,33+,35-/m1/s1. The third kappa shape index (κ3) is 18.7. The van der Waals surface area contributed by atoms with E-state index in [2.05, 4.69) is 17.2 Å². The lowest BCUT2D eigenvalue weighted by Crippen LogP contribution is -2.40. The molecule has 1 amide bonds. The van der Waals surface area contributed by atoms with E-state index in [0.29, 0.717) is 25.8 Å². The second-order valence-electron chi connectivity index (χ2n) is 13.4. The van der Waals surface area contributed by atoms with Crippen LogP contribution in [0.4, 0.5) is 0 Å². The number of aliphatic hydroxyl groups excluding tert-OH is 1. The van der Waals surface area contributed by atoms with Crippen LogP contribution in [0.25, 0.3) is 0 Å². The van der Waals surface area contributed by atoms with Gasteiger partial charge in [-0.05, 0) is 26.2 Å². The van der Waals surface area contributed by atoms with Gasteiger partial charge in [0.05, 0.1) is 6.61 Å². The van der Waals surface area contributed by atoms with Crippen molar-refractivity contribution >= 4 is 20.1 Å². The number of nitrogens with one attached hydrogen (secondary N) is 2. The van der Waals surface area contributed by atoms with Gasteiger partial charge in [0.2, 0.25) is 0 Å². The number of aromatic nitrogens is 2. The zero-order valence-corrected chi connectivity index (χ0v) is 31.7. The van der Waals surface area contributed by atoms with Crippen LogP contribution in [0.2, 0.25) is 0 Å². The van der Waals surface area contributed by atoms with E-state index in [1.807, 2.05) is 0 Å². The molecule has 4 N–H and O–H groups in total. The second-order valence-corrected chi connectivity index (χ2v) is 14.1. The van der Waals surface area contributed by atoms with E-state index in [1.54, 1.807) is 6.92 Å². The first-order chi connectivity index (χ1) is 24.7. The molecule has 0 radical (unpaired) electrons. The first-order valence-corrected chi connectivity index (χ1v) is 20.3. The quantitative estimate of drug-likeness (QED) is 0.0428. The maximum absolute atomic E-state index is 12.4. The summed E-state index contributed by atoms with van der Waals surface area (Å²) in [6.07, 6.45) is 18.0. The highest BCUT2D eigenvalue weighted by atomic mass is 31.1. The minimum atomic E-state index is -3.05. The van der Waals surface area contributed by atoms with Crippen molar-refractivity contribution < 1.29 is 42.9 Å². The van der Waals surface area contributed by atoms with E-state index in [4.69, 9.17) is 18.7 Å². The topological polar surface area (TPSA) is 195 Å². The first-order valence-electron chi connectivity index (χ1n) is 19.2. The van der Waals surface area contributed by atoms with Crippen LogP contribution in [-0.4, -0.2) is 75.6 Å². The average Bonchev–Trinajstić information content (AvgIpc) is 3.43. The van der Waals surface area contributed by atoms with Crippen LogP contribution in [0.1, 0.15) is 148 Å². The zero-order valence-electron chi connectivity index (χ0n) is 30.8. The van der Waals surface area contributed by atoms with Crippen molar-refractivity contribution in [1.29, 1.82) is 0 Å². The van der Waals surface area contributed by atoms with Gasteiger partial charge in [-0.3, -0.25) is 23.9 Å². The molecule has 51 heavy (non-hydrogen) atoms. The third-order valence-corrected chi connectivity index (χ3v) is 9.57. The molecule has 15 heteroatoms. The average molecular weight is 745 g/mol. The van der Waals surface area contributed by atoms with Gasteiger partial charge in [0.15, 0.2) is 18.4 Å². The summed E-state index contributed by atoms with van der Waals surface area (Å²) in [5, 5.41) is 12.5. The van der Waals surface area contributed by atoms with E-state index in [1.165, 1.54) is 83.2 Å². The fraction of sp³-hybridized carbons (Fsp3) is 0.833. The van der Waals surface area contributed by atoms with Crippen molar-refractivity contribution in [2.24, 2.45) is 0 Å². The number of nitrogens with zero attached hydrogens (tertiary/aromatic N) is 1. The van der Waals surface area contributed by atoms with Gasteiger partial charge >= 0.3 is 19.9 Å². The molecular formula is C36H63N3O11P+. The number of aliphatic hydroxyl groups is 1. The lowest BCUT2D eigenvalue weighted by molar-refractivity contribution is -0.154. The molecule has 0 aromatic carbocycles. The van der Waals surface area contributed by atoms with Crippen LogP contribution in [0.3, 0.4) is 0 Å². The number of hydrogen-bond donors (Lipinski definition) is 4. The van der Waals surface area contributed by atoms with E-state index < -0.39 is 56.8 Å². The molecule has 2 rings (SSSR count). The monoisotopic (exact) mass is 744 g/mol. The first kappa shape index (κ1) is 44.7. The molecule has 0 aliphatic carbocycles. The lowest BCUT2D eigenvalue weighted by atomic mass is 10.0. The molecule has 0 saturated carbocycles. The fourth-order valence-corrected chi connectivity index (χ4v) is 6.68. The summed E-state index contributed by atoms with van der Waals surface area (Å²) < 4.78 is 34.5. The van der Waals surface area contributed by atoms with Crippen molar-refractivity contribution in [3.05, 3.63) is 33.1 Å². The molecule has 6 atom stereocenters. The van der Waals surface area contributed by atoms with Gasteiger partial charge in [-0.2, -0.15) is 0 Å². The SMILES string of the molecule is CCCCCCCCCCCCCCCCCC(=O)OC(C)C(=O)NCCCCCCO[C@H]1C(O[P+](=O)O)[C@@H](CO)O[C@H]1n1ccc(=O)[nH]c1=O. The fourth-order valence-electron chi connectivity index (χ4n) is 6.22. The number of H-pyrrole nitrogens is 1. The smallest absolute Gasteiger partial charge is 0.453 e. The Hall–Kier alpha value is -2.48. The van der Waals surface area contributed by atoms with Crippen LogP contribution >= 0.6 is 8.25 Å². The number of hydrogen-bond acceptors (Lipinski definition) is 10. The maximum Gasteiger partial charge on any atom is 0.695 e. The Morgan fingerprint density at radius 1 is 0.902 bits per heavy atom. The van der Waals surface area contributed by atoms with E-state index in [-0.39, 0.29) is 18.5 Å². The molecule has 1 fully saturated rings. The summed E-state index contributed by atoms with van der Waals surface area (Å²) in [6.45, 7) is 3.89. The third-order valence-electron chi connectivity index (χ3n) is 9.15. The number of rotatable bonds is 30. The Labute approximate surface area is 303 Å². The molecule has 14 nitrogen and oxygen atoms in total. The highest BCUT2D eigenvalue weighted by Gasteiger charge is 2.51. The number of unbranched alkanes of at least 4 members (excludes halogenated alkanes) is 17. The molecule has 1 aliphatic heterocycles. The normalized spacial score (nSPS) is 19.6. The van der Waals surface area contributed by atoms with Gasteiger partial charge in [-0.15, -0.1) is 9.42 Å². The second kappa shape index (κ2) is 27.2. The highest BCUT2D eigenvalue weighted by Crippen LogP contribution is 2.37. The molecule has 1 aromatic rings. The Balaban J connectivity index is 1.52. The van der Waals surface area contributed by atoms with E-state index in [9.17, 15) is 33.7 Å².